The van der Waals surface area contributed by atoms with E-state index in [1.807, 2.05) is 18.0 Å². The molecule has 1 aliphatic rings. The van der Waals surface area contributed by atoms with E-state index in [1.54, 1.807) is 0 Å². The summed E-state index contributed by atoms with van der Waals surface area (Å²) in [5.74, 6) is 1.98. The van der Waals surface area contributed by atoms with E-state index in [4.69, 9.17) is 0 Å². The molecule has 1 aliphatic carbocycles. The second-order valence-electron chi connectivity index (χ2n) is 4.57. The SMILES string of the molecule is CNC(CSc1ccc(Br)cn1)C1CCCC1. The van der Waals surface area contributed by atoms with Crippen LogP contribution < -0.4 is 5.32 Å². The van der Waals surface area contributed by atoms with Crippen molar-refractivity contribution in [3.05, 3.63) is 22.8 Å². The van der Waals surface area contributed by atoms with Crippen LogP contribution in [0.3, 0.4) is 0 Å². The topological polar surface area (TPSA) is 24.9 Å². The van der Waals surface area contributed by atoms with Gasteiger partial charge in [-0.05, 0) is 53.9 Å². The van der Waals surface area contributed by atoms with Crippen molar-refractivity contribution in [2.75, 3.05) is 12.8 Å². The van der Waals surface area contributed by atoms with Crippen LogP contribution in [0.5, 0.6) is 0 Å². The van der Waals surface area contributed by atoms with Crippen molar-refractivity contribution in [1.82, 2.24) is 10.3 Å². The number of pyridine rings is 1. The van der Waals surface area contributed by atoms with Gasteiger partial charge in [0.1, 0.15) is 0 Å². The highest BCUT2D eigenvalue weighted by Crippen LogP contribution is 2.30. The standard InChI is InChI=1S/C13H19BrN2S/c1-15-12(10-4-2-3-5-10)9-17-13-7-6-11(14)8-16-13/h6-8,10,12,15H,2-5,9H2,1H3. The first kappa shape index (κ1) is 13.4. The Labute approximate surface area is 116 Å². The molecule has 0 aromatic carbocycles. The number of hydrogen-bond donors (Lipinski definition) is 1. The molecule has 1 aromatic heterocycles. The zero-order valence-corrected chi connectivity index (χ0v) is 12.6. The summed E-state index contributed by atoms with van der Waals surface area (Å²) in [5.41, 5.74) is 0. The highest BCUT2D eigenvalue weighted by molar-refractivity contribution is 9.10. The predicted molar refractivity (Wildman–Crippen MR) is 77.5 cm³/mol. The molecule has 1 heterocycles. The molecule has 1 saturated carbocycles. The summed E-state index contributed by atoms with van der Waals surface area (Å²) < 4.78 is 1.04. The Morgan fingerprint density at radius 1 is 1.47 bits per heavy atom. The van der Waals surface area contributed by atoms with Crippen LogP contribution in [0.15, 0.2) is 27.8 Å². The lowest BCUT2D eigenvalue weighted by Crippen LogP contribution is -2.34. The predicted octanol–water partition coefficient (Wildman–Crippen LogP) is 3.71. The van der Waals surface area contributed by atoms with Gasteiger partial charge in [0.05, 0.1) is 5.03 Å². The zero-order chi connectivity index (χ0) is 12.1. The average Bonchev–Trinajstić information content (AvgIpc) is 2.86. The molecule has 1 unspecified atom stereocenters. The molecule has 17 heavy (non-hydrogen) atoms. The van der Waals surface area contributed by atoms with E-state index in [1.165, 1.54) is 25.7 Å². The van der Waals surface area contributed by atoms with Crippen molar-refractivity contribution in [1.29, 1.82) is 0 Å². The normalized spacial score (nSPS) is 18.5. The molecule has 1 aromatic rings. The fourth-order valence-corrected chi connectivity index (χ4v) is 3.75. The van der Waals surface area contributed by atoms with Gasteiger partial charge in [0.2, 0.25) is 0 Å². The van der Waals surface area contributed by atoms with Gasteiger partial charge in [0.15, 0.2) is 0 Å². The van der Waals surface area contributed by atoms with Gasteiger partial charge in [-0.15, -0.1) is 11.8 Å². The van der Waals surface area contributed by atoms with Crippen LogP contribution >= 0.6 is 27.7 Å². The number of aromatic nitrogens is 1. The molecule has 94 valence electrons. The third-order valence-electron chi connectivity index (χ3n) is 3.45. The van der Waals surface area contributed by atoms with Gasteiger partial charge in [-0.1, -0.05) is 12.8 Å². The molecule has 0 spiro atoms. The van der Waals surface area contributed by atoms with Crippen LogP contribution in [0.2, 0.25) is 0 Å². The van der Waals surface area contributed by atoms with Crippen LogP contribution in [0.4, 0.5) is 0 Å². The minimum Gasteiger partial charge on any atom is -0.316 e. The molecule has 4 heteroatoms. The maximum absolute atomic E-state index is 4.40. The number of rotatable bonds is 5. The Morgan fingerprint density at radius 3 is 2.82 bits per heavy atom. The van der Waals surface area contributed by atoms with Crippen molar-refractivity contribution in [3.63, 3.8) is 0 Å². The van der Waals surface area contributed by atoms with E-state index in [0.29, 0.717) is 6.04 Å². The number of halogens is 1. The summed E-state index contributed by atoms with van der Waals surface area (Å²) in [6, 6.07) is 4.77. The van der Waals surface area contributed by atoms with Crippen molar-refractivity contribution >= 4 is 27.7 Å². The van der Waals surface area contributed by atoms with Gasteiger partial charge in [0.25, 0.3) is 0 Å². The lowest BCUT2D eigenvalue weighted by atomic mass is 10.0. The van der Waals surface area contributed by atoms with E-state index in [9.17, 15) is 0 Å². The van der Waals surface area contributed by atoms with Crippen LogP contribution in [-0.2, 0) is 0 Å². The van der Waals surface area contributed by atoms with Gasteiger partial charge >= 0.3 is 0 Å². The van der Waals surface area contributed by atoms with Crippen LogP contribution in [0, 0.1) is 5.92 Å². The molecule has 1 atom stereocenters. The van der Waals surface area contributed by atoms with Crippen molar-refractivity contribution < 1.29 is 0 Å². The van der Waals surface area contributed by atoms with E-state index in [0.717, 1.165) is 21.2 Å². The molecule has 0 amide bonds. The summed E-state index contributed by atoms with van der Waals surface area (Å²) in [7, 11) is 2.08. The lowest BCUT2D eigenvalue weighted by Gasteiger charge is -2.22. The monoisotopic (exact) mass is 314 g/mol. The summed E-state index contributed by atoms with van der Waals surface area (Å²) in [4.78, 5) is 4.40. The molecule has 0 bridgehead atoms. The first-order chi connectivity index (χ1) is 8.29. The van der Waals surface area contributed by atoms with E-state index >= 15 is 0 Å². The molecule has 2 rings (SSSR count). The van der Waals surface area contributed by atoms with Crippen LogP contribution in [0.1, 0.15) is 25.7 Å². The highest BCUT2D eigenvalue weighted by atomic mass is 79.9. The van der Waals surface area contributed by atoms with Crippen molar-refractivity contribution in [3.8, 4) is 0 Å². The minimum absolute atomic E-state index is 0.632. The lowest BCUT2D eigenvalue weighted by molar-refractivity contribution is 0.410. The first-order valence-electron chi connectivity index (χ1n) is 6.21. The molecule has 0 radical (unpaired) electrons. The fourth-order valence-electron chi connectivity index (χ4n) is 2.44. The van der Waals surface area contributed by atoms with Gasteiger partial charge in [0, 0.05) is 22.5 Å². The number of nitrogens with one attached hydrogen (secondary N) is 1. The number of hydrogen-bond acceptors (Lipinski definition) is 3. The maximum Gasteiger partial charge on any atom is 0.0961 e. The molecular weight excluding hydrogens is 296 g/mol. The molecule has 1 N–H and O–H groups in total. The third-order valence-corrected chi connectivity index (χ3v) is 4.98. The van der Waals surface area contributed by atoms with E-state index < -0.39 is 0 Å². The Bertz CT molecular complexity index is 336. The van der Waals surface area contributed by atoms with Crippen molar-refractivity contribution in [2.45, 2.75) is 36.8 Å². The Balaban J connectivity index is 1.84. The van der Waals surface area contributed by atoms with Crippen LogP contribution in [0.25, 0.3) is 0 Å². The largest absolute Gasteiger partial charge is 0.316 e. The van der Waals surface area contributed by atoms with Gasteiger partial charge in [-0.25, -0.2) is 4.98 Å². The van der Waals surface area contributed by atoms with Gasteiger partial charge in [-0.3, -0.25) is 0 Å². The quantitative estimate of drug-likeness (QED) is 0.839. The number of nitrogens with zero attached hydrogens (tertiary/aromatic N) is 1. The summed E-state index contributed by atoms with van der Waals surface area (Å²) in [5, 5.41) is 4.58. The number of thioether (sulfide) groups is 1. The Kier molecular flexibility index (Phi) is 5.32. The molecular formula is C13H19BrN2S. The second kappa shape index (κ2) is 6.76. The maximum atomic E-state index is 4.40. The minimum atomic E-state index is 0.632. The first-order valence-corrected chi connectivity index (χ1v) is 7.99. The average molecular weight is 315 g/mol. The van der Waals surface area contributed by atoms with Gasteiger partial charge < -0.3 is 5.32 Å². The van der Waals surface area contributed by atoms with Crippen molar-refractivity contribution in [2.24, 2.45) is 5.92 Å². The summed E-state index contributed by atoms with van der Waals surface area (Å²) >= 11 is 5.26. The van der Waals surface area contributed by atoms with Crippen LogP contribution in [-0.4, -0.2) is 23.8 Å². The third kappa shape index (κ3) is 3.97. The highest BCUT2D eigenvalue weighted by Gasteiger charge is 2.23. The molecule has 2 nitrogen and oxygen atoms in total. The molecule has 0 aliphatic heterocycles. The summed E-state index contributed by atoms with van der Waals surface area (Å²) in [6.07, 6.45) is 7.46. The smallest absolute Gasteiger partial charge is 0.0961 e. The van der Waals surface area contributed by atoms with Gasteiger partial charge in [-0.2, -0.15) is 0 Å². The second-order valence-corrected chi connectivity index (χ2v) is 6.52. The molecule has 0 saturated heterocycles. The summed E-state index contributed by atoms with van der Waals surface area (Å²) in [6.45, 7) is 0. The Morgan fingerprint density at radius 2 is 2.24 bits per heavy atom. The fraction of sp³-hybridized carbons (Fsp3) is 0.615. The van der Waals surface area contributed by atoms with E-state index in [2.05, 4.69) is 45.4 Å². The Hall–Kier alpha value is -0.0600. The zero-order valence-electron chi connectivity index (χ0n) is 10.2. The van der Waals surface area contributed by atoms with E-state index in [-0.39, 0.29) is 0 Å². The molecule has 1 fully saturated rings.